The summed E-state index contributed by atoms with van der Waals surface area (Å²) in [6.07, 6.45) is 9.08. The van der Waals surface area contributed by atoms with Gasteiger partial charge in [0.1, 0.15) is 4.91 Å². The molecule has 1 aliphatic carbocycles. The SMILES string of the molecule is C1=CCCC([S+](c2ccccc2)c2ccccc2)=C1. The third-order valence-electron chi connectivity index (χ3n) is 3.20. The van der Waals surface area contributed by atoms with Crippen molar-refractivity contribution in [3.8, 4) is 0 Å². The molecule has 0 fully saturated rings. The second-order valence-corrected chi connectivity index (χ2v) is 6.61. The fourth-order valence-electron chi connectivity index (χ4n) is 2.30. The predicted molar refractivity (Wildman–Crippen MR) is 83.2 cm³/mol. The molecule has 1 aliphatic rings. The third-order valence-corrected chi connectivity index (χ3v) is 5.55. The van der Waals surface area contributed by atoms with Gasteiger partial charge in [0.05, 0.1) is 10.9 Å². The summed E-state index contributed by atoms with van der Waals surface area (Å²) in [4.78, 5) is 4.37. The van der Waals surface area contributed by atoms with E-state index in [0.29, 0.717) is 0 Å². The predicted octanol–water partition coefficient (Wildman–Crippen LogP) is 4.96. The van der Waals surface area contributed by atoms with Crippen LogP contribution in [0.25, 0.3) is 0 Å². The van der Waals surface area contributed by atoms with Crippen molar-refractivity contribution in [2.24, 2.45) is 0 Å². The summed E-state index contributed by atoms with van der Waals surface area (Å²) in [7, 11) is 0.0722. The summed E-state index contributed by atoms with van der Waals surface area (Å²) in [5.41, 5.74) is 0. The van der Waals surface area contributed by atoms with Gasteiger partial charge in [0.15, 0.2) is 9.79 Å². The summed E-state index contributed by atoms with van der Waals surface area (Å²) in [5, 5.41) is 0. The van der Waals surface area contributed by atoms with E-state index in [2.05, 4.69) is 78.9 Å². The summed E-state index contributed by atoms with van der Waals surface area (Å²) in [6.45, 7) is 0. The Morgan fingerprint density at radius 2 is 1.32 bits per heavy atom. The van der Waals surface area contributed by atoms with Gasteiger partial charge in [0.2, 0.25) is 0 Å². The van der Waals surface area contributed by atoms with Crippen LogP contribution in [-0.2, 0) is 10.9 Å². The normalized spacial score (nSPS) is 14.5. The molecule has 0 saturated carbocycles. The minimum atomic E-state index is 0.0722. The van der Waals surface area contributed by atoms with Gasteiger partial charge in [0.25, 0.3) is 0 Å². The molecule has 3 rings (SSSR count). The second-order valence-electron chi connectivity index (χ2n) is 4.53. The van der Waals surface area contributed by atoms with Gasteiger partial charge in [-0.1, -0.05) is 48.6 Å². The van der Waals surface area contributed by atoms with Crippen LogP contribution >= 0.6 is 0 Å². The molecule has 1 heteroatoms. The van der Waals surface area contributed by atoms with Crippen molar-refractivity contribution in [1.29, 1.82) is 0 Å². The first-order chi connectivity index (χ1) is 9.45. The molecule has 19 heavy (non-hydrogen) atoms. The Labute approximate surface area is 117 Å². The van der Waals surface area contributed by atoms with E-state index in [0.717, 1.165) is 6.42 Å². The van der Waals surface area contributed by atoms with Crippen LogP contribution in [0.2, 0.25) is 0 Å². The van der Waals surface area contributed by atoms with E-state index in [1.165, 1.54) is 16.2 Å². The highest BCUT2D eigenvalue weighted by molar-refractivity contribution is 8.00. The van der Waals surface area contributed by atoms with Crippen molar-refractivity contribution in [3.05, 3.63) is 83.8 Å². The maximum atomic E-state index is 2.30. The molecule has 2 aromatic rings. The highest BCUT2D eigenvalue weighted by Gasteiger charge is 2.30. The highest BCUT2D eigenvalue weighted by atomic mass is 32.2. The molecule has 0 heterocycles. The molecule has 0 saturated heterocycles. The van der Waals surface area contributed by atoms with Crippen LogP contribution in [0.15, 0.2) is 93.6 Å². The minimum Gasteiger partial charge on any atom is -0.0839 e. The molecule has 0 N–H and O–H groups in total. The molecule has 0 radical (unpaired) electrons. The zero-order valence-electron chi connectivity index (χ0n) is 10.8. The Morgan fingerprint density at radius 3 is 1.79 bits per heavy atom. The van der Waals surface area contributed by atoms with Crippen molar-refractivity contribution in [3.63, 3.8) is 0 Å². The van der Waals surface area contributed by atoms with Gasteiger partial charge in [0, 0.05) is 6.42 Å². The highest BCUT2D eigenvalue weighted by Crippen LogP contribution is 2.33. The van der Waals surface area contributed by atoms with Crippen LogP contribution in [0.3, 0.4) is 0 Å². The molecule has 0 unspecified atom stereocenters. The molecule has 0 nitrogen and oxygen atoms in total. The first-order valence-corrected chi connectivity index (χ1v) is 7.88. The molecule has 0 aromatic heterocycles. The lowest BCUT2D eigenvalue weighted by molar-refractivity contribution is 1.01. The largest absolute Gasteiger partial charge is 0.166 e. The molecule has 2 aromatic carbocycles. The van der Waals surface area contributed by atoms with Gasteiger partial charge in [-0.05, 0) is 36.8 Å². The smallest absolute Gasteiger partial charge is 0.0839 e. The fourth-order valence-corrected chi connectivity index (χ4v) is 4.58. The molecular weight excluding hydrogens is 248 g/mol. The fraction of sp³-hybridized carbons (Fsp3) is 0.111. The standard InChI is InChI=1S/C18H17S/c1-4-10-16(11-5-1)19(17-12-6-2-7-13-17)18-14-8-3-9-15-18/h1-8,10-14H,9,15H2/q+1. The van der Waals surface area contributed by atoms with Crippen molar-refractivity contribution in [2.75, 3.05) is 0 Å². The zero-order chi connectivity index (χ0) is 12.9. The number of hydrogen-bond donors (Lipinski definition) is 0. The van der Waals surface area contributed by atoms with E-state index in [1.54, 1.807) is 4.91 Å². The quantitative estimate of drug-likeness (QED) is 0.688. The van der Waals surface area contributed by atoms with Crippen LogP contribution in [-0.4, -0.2) is 0 Å². The van der Waals surface area contributed by atoms with Gasteiger partial charge in [-0.15, -0.1) is 0 Å². The van der Waals surface area contributed by atoms with E-state index in [4.69, 9.17) is 0 Å². The van der Waals surface area contributed by atoms with E-state index >= 15 is 0 Å². The van der Waals surface area contributed by atoms with Crippen LogP contribution in [0.5, 0.6) is 0 Å². The Kier molecular flexibility index (Phi) is 3.85. The van der Waals surface area contributed by atoms with Gasteiger partial charge < -0.3 is 0 Å². The molecule has 0 spiro atoms. The Hall–Kier alpha value is -1.73. The van der Waals surface area contributed by atoms with Gasteiger partial charge in [-0.25, -0.2) is 0 Å². The number of allylic oxidation sites excluding steroid dienone is 4. The minimum absolute atomic E-state index is 0.0722. The Bertz CT molecular complexity index is 542. The van der Waals surface area contributed by atoms with E-state index in [1.807, 2.05) is 0 Å². The topological polar surface area (TPSA) is 0 Å². The second kappa shape index (κ2) is 5.94. The average molecular weight is 265 g/mol. The lowest BCUT2D eigenvalue weighted by atomic mass is 10.2. The number of rotatable bonds is 3. The first-order valence-electron chi connectivity index (χ1n) is 6.65. The molecular formula is C18H17S+. The Balaban J connectivity index is 2.06. The summed E-state index contributed by atoms with van der Waals surface area (Å²) in [6, 6.07) is 21.7. The monoisotopic (exact) mass is 265 g/mol. The van der Waals surface area contributed by atoms with Gasteiger partial charge >= 0.3 is 0 Å². The molecule has 94 valence electrons. The van der Waals surface area contributed by atoms with Crippen molar-refractivity contribution >= 4 is 10.9 Å². The van der Waals surface area contributed by atoms with Crippen LogP contribution in [0, 0.1) is 0 Å². The van der Waals surface area contributed by atoms with E-state index in [-0.39, 0.29) is 10.9 Å². The average Bonchev–Trinajstić information content (AvgIpc) is 2.51. The molecule has 0 aliphatic heterocycles. The van der Waals surface area contributed by atoms with Crippen molar-refractivity contribution in [1.82, 2.24) is 0 Å². The van der Waals surface area contributed by atoms with Gasteiger partial charge in [-0.3, -0.25) is 0 Å². The van der Waals surface area contributed by atoms with E-state index in [9.17, 15) is 0 Å². The lowest BCUT2D eigenvalue weighted by Gasteiger charge is -2.12. The van der Waals surface area contributed by atoms with Crippen LogP contribution < -0.4 is 0 Å². The molecule has 0 bridgehead atoms. The van der Waals surface area contributed by atoms with Crippen LogP contribution in [0.4, 0.5) is 0 Å². The van der Waals surface area contributed by atoms with Gasteiger partial charge in [-0.2, -0.15) is 0 Å². The van der Waals surface area contributed by atoms with Crippen molar-refractivity contribution < 1.29 is 0 Å². The van der Waals surface area contributed by atoms with Crippen LogP contribution in [0.1, 0.15) is 12.8 Å². The third kappa shape index (κ3) is 2.82. The zero-order valence-corrected chi connectivity index (χ0v) is 11.6. The Morgan fingerprint density at radius 1 is 0.737 bits per heavy atom. The first kappa shape index (κ1) is 12.3. The van der Waals surface area contributed by atoms with Crippen molar-refractivity contribution in [2.45, 2.75) is 22.6 Å². The maximum absolute atomic E-state index is 2.30. The maximum Gasteiger partial charge on any atom is 0.166 e. The summed E-state index contributed by atoms with van der Waals surface area (Å²) < 4.78 is 0. The lowest BCUT2D eigenvalue weighted by Crippen LogP contribution is -2.08. The number of benzene rings is 2. The molecule has 0 amide bonds. The molecule has 0 atom stereocenters. The summed E-state index contributed by atoms with van der Waals surface area (Å²) in [5.74, 6) is 0. The summed E-state index contributed by atoms with van der Waals surface area (Å²) >= 11 is 0. The number of hydrogen-bond acceptors (Lipinski definition) is 0. The van der Waals surface area contributed by atoms with E-state index < -0.39 is 0 Å².